The van der Waals surface area contributed by atoms with Crippen molar-refractivity contribution in [1.82, 2.24) is 0 Å². The van der Waals surface area contributed by atoms with Crippen LogP contribution >= 0.6 is 31.9 Å². The molecular weight excluding hydrogens is 385 g/mol. The maximum absolute atomic E-state index is 14.0. The third-order valence-corrected chi connectivity index (χ3v) is 4.40. The van der Waals surface area contributed by atoms with Crippen molar-refractivity contribution in [2.45, 2.75) is 11.8 Å². The molecule has 1 unspecified atom stereocenters. The van der Waals surface area contributed by atoms with E-state index in [1.807, 2.05) is 0 Å². The molecule has 0 saturated heterocycles. The number of alkyl halides is 1. The molecule has 2 aromatic rings. The van der Waals surface area contributed by atoms with E-state index >= 15 is 0 Å². The molecule has 0 aliphatic rings. The van der Waals surface area contributed by atoms with Crippen LogP contribution in [0.4, 0.5) is 13.2 Å². The second-order valence-electron chi connectivity index (χ2n) is 4.13. The number of aryl methyl sites for hydroxylation is 1. The highest BCUT2D eigenvalue weighted by molar-refractivity contribution is 9.10. The van der Waals surface area contributed by atoms with Crippen molar-refractivity contribution in [3.63, 3.8) is 0 Å². The van der Waals surface area contributed by atoms with Crippen LogP contribution in [0.3, 0.4) is 0 Å². The maximum Gasteiger partial charge on any atom is 0.142 e. The van der Waals surface area contributed by atoms with Gasteiger partial charge in [-0.05, 0) is 46.6 Å². The Morgan fingerprint density at radius 1 is 1.00 bits per heavy atom. The van der Waals surface area contributed by atoms with Crippen molar-refractivity contribution in [3.05, 3.63) is 68.9 Å². The van der Waals surface area contributed by atoms with E-state index < -0.39 is 22.3 Å². The topological polar surface area (TPSA) is 0 Å². The molecule has 1 atom stereocenters. The molecule has 2 rings (SSSR count). The normalized spacial score (nSPS) is 12.5. The smallest absolute Gasteiger partial charge is 0.142 e. The van der Waals surface area contributed by atoms with Gasteiger partial charge in [-0.3, -0.25) is 0 Å². The minimum Gasteiger partial charge on any atom is -0.207 e. The van der Waals surface area contributed by atoms with Gasteiger partial charge in [-0.1, -0.05) is 28.1 Å². The first-order chi connectivity index (χ1) is 8.91. The van der Waals surface area contributed by atoms with Crippen LogP contribution in [-0.4, -0.2) is 0 Å². The van der Waals surface area contributed by atoms with Gasteiger partial charge in [0.15, 0.2) is 0 Å². The van der Waals surface area contributed by atoms with Crippen LogP contribution in [-0.2, 0) is 0 Å². The zero-order valence-corrected chi connectivity index (χ0v) is 13.0. The molecule has 0 bridgehead atoms. The zero-order chi connectivity index (χ0) is 14.2. The van der Waals surface area contributed by atoms with E-state index in [1.165, 1.54) is 13.0 Å². The molecule has 5 heteroatoms. The second-order valence-corrected chi connectivity index (χ2v) is 5.90. The lowest BCUT2D eigenvalue weighted by Crippen LogP contribution is -2.02. The van der Waals surface area contributed by atoms with Crippen molar-refractivity contribution in [2.24, 2.45) is 0 Å². The quantitative estimate of drug-likeness (QED) is 0.577. The molecule has 0 aliphatic heterocycles. The van der Waals surface area contributed by atoms with Crippen molar-refractivity contribution in [2.75, 3.05) is 0 Å². The summed E-state index contributed by atoms with van der Waals surface area (Å²) in [6, 6.07) is 6.90. The third-order valence-electron chi connectivity index (χ3n) is 2.81. The first kappa shape index (κ1) is 14.6. The highest BCUT2D eigenvalue weighted by atomic mass is 79.9. The number of hydrogen-bond acceptors (Lipinski definition) is 0. The summed E-state index contributed by atoms with van der Waals surface area (Å²) < 4.78 is 41.6. The van der Waals surface area contributed by atoms with Crippen LogP contribution in [0.15, 0.2) is 34.8 Å². The number of rotatable bonds is 2. The molecule has 0 heterocycles. The van der Waals surface area contributed by atoms with Gasteiger partial charge < -0.3 is 0 Å². The van der Waals surface area contributed by atoms with Crippen LogP contribution < -0.4 is 0 Å². The summed E-state index contributed by atoms with van der Waals surface area (Å²) in [4.78, 5) is -0.750. The number of hydrogen-bond donors (Lipinski definition) is 0. The van der Waals surface area contributed by atoms with Crippen molar-refractivity contribution in [3.8, 4) is 0 Å². The van der Waals surface area contributed by atoms with Crippen LogP contribution in [0.2, 0.25) is 0 Å². The first-order valence-corrected chi connectivity index (χ1v) is 7.16. The zero-order valence-electron chi connectivity index (χ0n) is 9.85. The summed E-state index contributed by atoms with van der Waals surface area (Å²) in [7, 11) is 0. The Morgan fingerprint density at radius 2 is 1.68 bits per heavy atom. The van der Waals surface area contributed by atoms with Gasteiger partial charge in [0.2, 0.25) is 0 Å². The average Bonchev–Trinajstić information content (AvgIpc) is 2.36. The molecule has 0 N–H and O–H groups in total. The highest BCUT2D eigenvalue weighted by Gasteiger charge is 2.21. The van der Waals surface area contributed by atoms with Crippen LogP contribution in [0.25, 0.3) is 0 Å². The molecule has 19 heavy (non-hydrogen) atoms. The lowest BCUT2D eigenvalue weighted by atomic mass is 10.0. The molecule has 0 aromatic heterocycles. The minimum atomic E-state index is -0.750. The molecule has 0 amide bonds. The second kappa shape index (κ2) is 5.67. The predicted molar refractivity (Wildman–Crippen MR) is 76.0 cm³/mol. The average molecular weight is 394 g/mol. The van der Waals surface area contributed by atoms with E-state index in [1.54, 1.807) is 12.1 Å². The highest BCUT2D eigenvalue weighted by Crippen LogP contribution is 2.36. The molecule has 2 aromatic carbocycles. The van der Waals surface area contributed by atoms with E-state index in [-0.39, 0.29) is 21.2 Å². The molecular formula is C14H9Br2F3. The fraction of sp³-hybridized carbons (Fsp3) is 0.143. The monoisotopic (exact) mass is 392 g/mol. The van der Waals surface area contributed by atoms with E-state index in [0.717, 1.165) is 12.1 Å². The summed E-state index contributed by atoms with van der Waals surface area (Å²) in [6.07, 6.45) is 0. The Labute approximate surface area is 125 Å². The van der Waals surface area contributed by atoms with E-state index in [4.69, 9.17) is 0 Å². The van der Waals surface area contributed by atoms with Gasteiger partial charge in [0, 0.05) is 11.1 Å². The van der Waals surface area contributed by atoms with Gasteiger partial charge in [0.1, 0.15) is 17.5 Å². The largest absolute Gasteiger partial charge is 0.207 e. The molecule has 0 saturated carbocycles. The molecule has 0 radical (unpaired) electrons. The summed E-state index contributed by atoms with van der Waals surface area (Å²) in [5, 5.41) is 0. The van der Waals surface area contributed by atoms with E-state index in [9.17, 15) is 13.2 Å². The minimum absolute atomic E-state index is 0.0695. The lowest BCUT2D eigenvalue weighted by Gasteiger charge is -2.14. The maximum atomic E-state index is 14.0. The van der Waals surface area contributed by atoms with Crippen LogP contribution in [0, 0.1) is 24.4 Å². The fourth-order valence-corrected chi connectivity index (χ4v) is 2.83. The lowest BCUT2D eigenvalue weighted by molar-refractivity contribution is 0.575. The van der Waals surface area contributed by atoms with Gasteiger partial charge in [-0.15, -0.1) is 0 Å². The van der Waals surface area contributed by atoms with E-state index in [2.05, 4.69) is 31.9 Å². The standard InChI is InChI=1S/C14H9Br2F3/c1-7-5-12(18)9(6-11(7)17)13(16)8-3-2-4-10(15)14(8)19/h2-6,13H,1H3. The number of benzene rings is 2. The Balaban J connectivity index is 2.53. The summed E-state index contributed by atoms with van der Waals surface area (Å²) in [5.74, 6) is -1.58. The first-order valence-electron chi connectivity index (χ1n) is 5.45. The molecule has 0 nitrogen and oxygen atoms in total. The van der Waals surface area contributed by atoms with Gasteiger partial charge in [0.25, 0.3) is 0 Å². The van der Waals surface area contributed by atoms with Gasteiger partial charge in [-0.25, -0.2) is 13.2 Å². The Kier molecular flexibility index (Phi) is 4.36. The molecule has 0 spiro atoms. The Morgan fingerprint density at radius 3 is 2.37 bits per heavy atom. The molecule has 100 valence electrons. The van der Waals surface area contributed by atoms with Gasteiger partial charge >= 0.3 is 0 Å². The molecule has 0 aliphatic carbocycles. The fourth-order valence-electron chi connectivity index (χ4n) is 1.74. The van der Waals surface area contributed by atoms with Crippen molar-refractivity contribution >= 4 is 31.9 Å². The number of halogens is 5. The summed E-state index contributed by atoms with van der Waals surface area (Å²) in [5.41, 5.74) is 0.535. The van der Waals surface area contributed by atoms with Crippen LogP contribution in [0.1, 0.15) is 21.5 Å². The van der Waals surface area contributed by atoms with Crippen molar-refractivity contribution < 1.29 is 13.2 Å². The van der Waals surface area contributed by atoms with Gasteiger partial charge in [-0.2, -0.15) is 0 Å². The predicted octanol–water partition coefficient (Wildman–Crippen LogP) is 5.66. The van der Waals surface area contributed by atoms with Gasteiger partial charge in [0.05, 0.1) is 9.30 Å². The summed E-state index contributed by atoms with van der Waals surface area (Å²) >= 11 is 6.29. The summed E-state index contributed by atoms with van der Waals surface area (Å²) in [6.45, 7) is 1.48. The SMILES string of the molecule is Cc1cc(F)c(C(Br)c2cccc(Br)c2F)cc1F. The molecule has 0 fully saturated rings. The third kappa shape index (κ3) is 2.87. The Hall–Kier alpha value is -0.810. The van der Waals surface area contributed by atoms with Crippen molar-refractivity contribution in [1.29, 1.82) is 0 Å². The van der Waals surface area contributed by atoms with Crippen LogP contribution in [0.5, 0.6) is 0 Å². The van der Waals surface area contributed by atoms with E-state index in [0.29, 0.717) is 0 Å². The Bertz CT molecular complexity index is 626.